The fourth-order valence-electron chi connectivity index (χ4n) is 2.22. The highest BCUT2D eigenvalue weighted by molar-refractivity contribution is 5.96. The van der Waals surface area contributed by atoms with Gasteiger partial charge in [0.05, 0.1) is 5.69 Å². The average Bonchev–Trinajstić information content (AvgIpc) is 2.62. The number of carbonyl (C=O) groups is 1. The first kappa shape index (κ1) is 15.6. The van der Waals surface area contributed by atoms with Crippen LogP contribution < -0.4 is 5.32 Å². The number of pyridine rings is 2. The van der Waals surface area contributed by atoms with Crippen LogP contribution in [0.15, 0.2) is 60.9 Å². The fourth-order valence-corrected chi connectivity index (χ4v) is 2.22. The SMILES string of the molecule is O=C(NCc1ccc(F)cc1)c1nccc(-c2ccccn2)c1O. The highest BCUT2D eigenvalue weighted by atomic mass is 19.1. The van der Waals surface area contributed by atoms with Crippen LogP contribution in [0, 0.1) is 5.82 Å². The van der Waals surface area contributed by atoms with Crippen LogP contribution in [0.2, 0.25) is 0 Å². The molecule has 0 spiro atoms. The van der Waals surface area contributed by atoms with E-state index in [2.05, 4.69) is 15.3 Å². The van der Waals surface area contributed by atoms with Crippen LogP contribution >= 0.6 is 0 Å². The van der Waals surface area contributed by atoms with Crippen molar-refractivity contribution >= 4 is 5.91 Å². The normalized spacial score (nSPS) is 10.4. The van der Waals surface area contributed by atoms with Crippen molar-refractivity contribution in [2.45, 2.75) is 6.54 Å². The number of halogens is 1. The molecule has 6 heteroatoms. The van der Waals surface area contributed by atoms with Crippen LogP contribution in [0.1, 0.15) is 16.1 Å². The zero-order valence-corrected chi connectivity index (χ0v) is 12.6. The van der Waals surface area contributed by atoms with Crippen molar-refractivity contribution < 1.29 is 14.3 Å². The lowest BCUT2D eigenvalue weighted by atomic mass is 10.1. The van der Waals surface area contributed by atoms with Gasteiger partial charge in [0, 0.05) is 24.5 Å². The summed E-state index contributed by atoms with van der Waals surface area (Å²) in [6, 6.07) is 12.7. The fraction of sp³-hybridized carbons (Fsp3) is 0.0556. The number of amides is 1. The molecule has 2 aromatic heterocycles. The minimum absolute atomic E-state index is 0.0831. The molecule has 1 amide bonds. The quantitative estimate of drug-likeness (QED) is 0.774. The van der Waals surface area contributed by atoms with Crippen LogP contribution in [0.25, 0.3) is 11.3 Å². The van der Waals surface area contributed by atoms with Gasteiger partial charge < -0.3 is 10.4 Å². The third-order valence-electron chi connectivity index (χ3n) is 3.45. The Morgan fingerprint density at radius 2 is 1.83 bits per heavy atom. The van der Waals surface area contributed by atoms with Gasteiger partial charge in [0.25, 0.3) is 5.91 Å². The van der Waals surface area contributed by atoms with Gasteiger partial charge in [0.15, 0.2) is 11.4 Å². The molecule has 0 aliphatic rings. The lowest BCUT2D eigenvalue weighted by Gasteiger charge is -2.09. The number of hydrogen-bond donors (Lipinski definition) is 2. The molecular weight excluding hydrogens is 309 g/mol. The van der Waals surface area contributed by atoms with E-state index in [1.807, 2.05) is 0 Å². The maximum atomic E-state index is 12.9. The average molecular weight is 323 g/mol. The molecular formula is C18H14FN3O2. The van der Waals surface area contributed by atoms with Crippen molar-refractivity contribution in [1.82, 2.24) is 15.3 Å². The summed E-state index contributed by atoms with van der Waals surface area (Å²) in [6.45, 7) is 0.202. The van der Waals surface area contributed by atoms with Gasteiger partial charge in [-0.2, -0.15) is 0 Å². The monoisotopic (exact) mass is 323 g/mol. The molecule has 120 valence electrons. The van der Waals surface area contributed by atoms with E-state index in [0.717, 1.165) is 5.56 Å². The van der Waals surface area contributed by atoms with Gasteiger partial charge in [-0.05, 0) is 35.9 Å². The Kier molecular flexibility index (Phi) is 4.47. The second kappa shape index (κ2) is 6.87. The Morgan fingerprint density at radius 3 is 2.54 bits per heavy atom. The number of aromatic hydroxyl groups is 1. The number of carbonyl (C=O) groups excluding carboxylic acids is 1. The molecule has 2 heterocycles. The summed E-state index contributed by atoms with van der Waals surface area (Å²) in [6.07, 6.45) is 3.04. The van der Waals surface area contributed by atoms with Crippen LogP contribution in [0.3, 0.4) is 0 Å². The van der Waals surface area contributed by atoms with E-state index in [-0.39, 0.29) is 23.8 Å². The van der Waals surface area contributed by atoms with Gasteiger partial charge in [-0.15, -0.1) is 0 Å². The summed E-state index contributed by atoms with van der Waals surface area (Å²) in [4.78, 5) is 20.4. The number of rotatable bonds is 4. The summed E-state index contributed by atoms with van der Waals surface area (Å²) >= 11 is 0. The van der Waals surface area contributed by atoms with Crippen LogP contribution in [0.4, 0.5) is 4.39 Å². The molecule has 3 aromatic rings. The molecule has 0 bridgehead atoms. The molecule has 3 rings (SSSR count). The van der Waals surface area contributed by atoms with E-state index in [9.17, 15) is 14.3 Å². The molecule has 0 aliphatic heterocycles. The first-order valence-electron chi connectivity index (χ1n) is 7.27. The highest BCUT2D eigenvalue weighted by Crippen LogP contribution is 2.29. The summed E-state index contributed by atoms with van der Waals surface area (Å²) in [7, 11) is 0. The topological polar surface area (TPSA) is 75.1 Å². The molecule has 0 fully saturated rings. The highest BCUT2D eigenvalue weighted by Gasteiger charge is 2.17. The van der Waals surface area contributed by atoms with E-state index in [0.29, 0.717) is 11.3 Å². The summed E-state index contributed by atoms with van der Waals surface area (Å²) < 4.78 is 12.9. The molecule has 5 nitrogen and oxygen atoms in total. The molecule has 0 saturated heterocycles. The predicted molar refractivity (Wildman–Crippen MR) is 86.7 cm³/mol. The number of benzene rings is 1. The van der Waals surface area contributed by atoms with Gasteiger partial charge in [0.2, 0.25) is 0 Å². The van der Waals surface area contributed by atoms with Gasteiger partial charge >= 0.3 is 0 Å². The van der Waals surface area contributed by atoms with Crippen molar-refractivity contribution in [2.24, 2.45) is 0 Å². The van der Waals surface area contributed by atoms with Crippen molar-refractivity contribution in [2.75, 3.05) is 0 Å². The predicted octanol–water partition coefficient (Wildman–Crippen LogP) is 2.92. The Bertz CT molecular complexity index is 852. The third kappa shape index (κ3) is 3.38. The first-order valence-corrected chi connectivity index (χ1v) is 7.27. The van der Waals surface area contributed by atoms with E-state index >= 15 is 0 Å². The van der Waals surface area contributed by atoms with Gasteiger partial charge in [-0.3, -0.25) is 9.78 Å². The van der Waals surface area contributed by atoms with Crippen molar-refractivity contribution in [3.8, 4) is 17.0 Å². The lowest BCUT2D eigenvalue weighted by Crippen LogP contribution is -2.24. The van der Waals surface area contributed by atoms with Crippen LogP contribution in [-0.2, 0) is 6.54 Å². The summed E-state index contributed by atoms with van der Waals surface area (Å²) in [5.41, 5.74) is 1.63. The number of aromatic nitrogens is 2. The zero-order chi connectivity index (χ0) is 16.9. The van der Waals surface area contributed by atoms with E-state index < -0.39 is 5.91 Å². The van der Waals surface area contributed by atoms with Gasteiger partial charge in [-0.25, -0.2) is 9.37 Å². The Hall–Kier alpha value is -3.28. The zero-order valence-electron chi connectivity index (χ0n) is 12.6. The maximum absolute atomic E-state index is 12.9. The van der Waals surface area contributed by atoms with Gasteiger partial charge in [-0.1, -0.05) is 18.2 Å². The lowest BCUT2D eigenvalue weighted by molar-refractivity contribution is 0.0943. The van der Waals surface area contributed by atoms with E-state index in [1.54, 1.807) is 42.6 Å². The minimum Gasteiger partial charge on any atom is -0.505 e. The molecule has 0 unspecified atom stereocenters. The molecule has 0 aliphatic carbocycles. The standard InChI is InChI=1S/C18H14FN3O2/c19-13-6-4-12(5-7-13)11-22-18(24)16-17(23)14(8-10-21-16)15-3-1-2-9-20-15/h1-10,23H,11H2,(H,22,24). The first-order chi connectivity index (χ1) is 11.6. The molecule has 2 N–H and O–H groups in total. The molecule has 24 heavy (non-hydrogen) atoms. The maximum Gasteiger partial charge on any atom is 0.274 e. The Morgan fingerprint density at radius 1 is 1.04 bits per heavy atom. The van der Waals surface area contributed by atoms with E-state index in [4.69, 9.17) is 0 Å². The summed E-state index contributed by atoms with van der Waals surface area (Å²) in [5, 5.41) is 13.0. The molecule has 1 aromatic carbocycles. The van der Waals surface area contributed by atoms with Crippen molar-refractivity contribution in [1.29, 1.82) is 0 Å². The molecule has 0 radical (unpaired) electrons. The number of nitrogens with zero attached hydrogens (tertiary/aromatic N) is 2. The van der Waals surface area contributed by atoms with Gasteiger partial charge in [0.1, 0.15) is 5.82 Å². The number of hydrogen-bond acceptors (Lipinski definition) is 4. The Balaban J connectivity index is 1.79. The minimum atomic E-state index is -0.519. The summed E-state index contributed by atoms with van der Waals surface area (Å²) in [5.74, 6) is -1.09. The second-order valence-electron chi connectivity index (χ2n) is 5.08. The largest absolute Gasteiger partial charge is 0.505 e. The number of nitrogens with one attached hydrogen (secondary N) is 1. The Labute approximate surface area is 137 Å². The van der Waals surface area contributed by atoms with Crippen LogP contribution in [-0.4, -0.2) is 21.0 Å². The molecule has 0 saturated carbocycles. The molecule has 0 atom stereocenters. The third-order valence-corrected chi connectivity index (χ3v) is 3.45. The smallest absolute Gasteiger partial charge is 0.274 e. The van der Waals surface area contributed by atoms with E-state index in [1.165, 1.54) is 18.3 Å². The van der Waals surface area contributed by atoms with Crippen molar-refractivity contribution in [3.63, 3.8) is 0 Å². The second-order valence-corrected chi connectivity index (χ2v) is 5.08. The van der Waals surface area contributed by atoms with Crippen LogP contribution in [0.5, 0.6) is 5.75 Å². The van der Waals surface area contributed by atoms with Crippen molar-refractivity contribution in [3.05, 3.63) is 78.0 Å².